The third-order valence-corrected chi connectivity index (χ3v) is 5.97. The molecule has 0 aliphatic carbocycles. The number of rotatable bonds is 11. The van der Waals surface area contributed by atoms with E-state index >= 15 is 0 Å². The van der Waals surface area contributed by atoms with Gasteiger partial charge >= 0.3 is 5.97 Å². The number of nitrogens with one attached hydrogen (secondary N) is 1. The Kier molecular flexibility index (Phi) is 8.73. The topological polar surface area (TPSA) is 56.8 Å². The van der Waals surface area contributed by atoms with Gasteiger partial charge in [-0.3, -0.25) is 0 Å². The maximum Gasteiger partial charge on any atom is 0.337 e. The van der Waals surface area contributed by atoms with Crippen LogP contribution in [0.3, 0.4) is 0 Å². The second-order valence-electron chi connectivity index (χ2n) is 8.46. The smallest absolute Gasteiger partial charge is 0.337 e. The quantitative estimate of drug-likeness (QED) is 0.213. The Morgan fingerprint density at radius 1 is 0.861 bits per heavy atom. The minimum absolute atomic E-state index is 0.342. The van der Waals surface area contributed by atoms with Crippen LogP contribution in [0.1, 0.15) is 21.5 Å². The van der Waals surface area contributed by atoms with Crippen LogP contribution in [0.4, 0.5) is 0 Å². The van der Waals surface area contributed by atoms with Gasteiger partial charge in [-0.1, -0.05) is 66.7 Å². The number of hydrogen-bond acceptors (Lipinski definition) is 5. The average Bonchev–Trinajstić information content (AvgIpc) is 2.94. The molecule has 5 heteroatoms. The predicted octanol–water partition coefficient (Wildman–Crippen LogP) is 5.93. The third kappa shape index (κ3) is 6.74. The first-order chi connectivity index (χ1) is 17.7. The summed E-state index contributed by atoms with van der Waals surface area (Å²) < 4.78 is 16.3. The highest BCUT2D eigenvalue weighted by molar-refractivity contribution is 5.89. The fourth-order valence-corrected chi connectivity index (χ4v) is 3.98. The molecule has 184 valence electrons. The first-order valence-electron chi connectivity index (χ1n) is 12.0. The van der Waals surface area contributed by atoms with Crippen molar-refractivity contribution >= 4 is 22.8 Å². The van der Waals surface area contributed by atoms with Gasteiger partial charge in [0.2, 0.25) is 0 Å². The minimum atomic E-state index is -0.342. The van der Waals surface area contributed by atoms with Gasteiger partial charge in [0.05, 0.1) is 19.8 Å². The zero-order chi connectivity index (χ0) is 25.2. The number of carbonyl (C=O) groups is 1. The van der Waals surface area contributed by atoms with Gasteiger partial charge in [0.15, 0.2) is 0 Å². The van der Waals surface area contributed by atoms with E-state index in [9.17, 15) is 4.79 Å². The molecule has 0 spiro atoms. The molecule has 0 unspecified atom stereocenters. The Balaban J connectivity index is 1.45. The molecule has 0 saturated heterocycles. The summed E-state index contributed by atoms with van der Waals surface area (Å²) >= 11 is 0. The predicted molar refractivity (Wildman–Crippen MR) is 145 cm³/mol. The van der Waals surface area contributed by atoms with Gasteiger partial charge < -0.3 is 19.5 Å². The number of methoxy groups -OCH3 is 2. The summed E-state index contributed by atoms with van der Waals surface area (Å²) in [5.41, 5.74) is 3.87. The van der Waals surface area contributed by atoms with Crippen molar-refractivity contribution < 1.29 is 19.0 Å². The molecule has 0 amide bonds. The highest BCUT2D eigenvalue weighted by atomic mass is 16.5. The first kappa shape index (κ1) is 25.0. The zero-order valence-electron chi connectivity index (χ0n) is 20.7. The van der Waals surface area contributed by atoms with Gasteiger partial charge in [-0.15, -0.1) is 0 Å². The SMILES string of the molecule is COC(=O)c1ccc(C=C(CNCCc2ccc(OC)cc2)COc2cccc3ccccc23)cc1. The average molecular weight is 482 g/mol. The van der Waals surface area contributed by atoms with E-state index in [0.29, 0.717) is 18.7 Å². The molecule has 4 aromatic rings. The molecular weight excluding hydrogens is 450 g/mol. The molecule has 0 aliphatic rings. The number of carbonyl (C=O) groups excluding carboxylic acids is 1. The van der Waals surface area contributed by atoms with E-state index in [1.807, 2.05) is 48.5 Å². The van der Waals surface area contributed by atoms with Crippen LogP contribution in [0.25, 0.3) is 16.8 Å². The van der Waals surface area contributed by atoms with E-state index in [4.69, 9.17) is 14.2 Å². The van der Waals surface area contributed by atoms with Crippen LogP contribution >= 0.6 is 0 Å². The molecule has 0 atom stereocenters. The van der Waals surface area contributed by atoms with E-state index < -0.39 is 0 Å². The van der Waals surface area contributed by atoms with Gasteiger partial charge in [0.1, 0.15) is 18.1 Å². The van der Waals surface area contributed by atoms with Crippen LogP contribution in [0.5, 0.6) is 11.5 Å². The summed E-state index contributed by atoms with van der Waals surface area (Å²) in [5, 5.41) is 5.78. The molecule has 0 aliphatic heterocycles. The highest BCUT2D eigenvalue weighted by Gasteiger charge is 2.07. The fraction of sp³-hybridized carbons (Fsp3) is 0.194. The number of esters is 1. The second kappa shape index (κ2) is 12.6. The number of fused-ring (bicyclic) bond motifs is 1. The van der Waals surface area contributed by atoms with Crippen molar-refractivity contribution in [2.45, 2.75) is 6.42 Å². The lowest BCUT2D eigenvalue weighted by Crippen LogP contribution is -2.22. The molecule has 0 aromatic heterocycles. The molecule has 0 bridgehead atoms. The maximum absolute atomic E-state index is 11.8. The van der Waals surface area contributed by atoms with Gasteiger partial charge in [-0.2, -0.15) is 0 Å². The summed E-state index contributed by atoms with van der Waals surface area (Å²) in [6.45, 7) is 1.96. The summed E-state index contributed by atoms with van der Waals surface area (Å²) in [5.74, 6) is 1.38. The molecular formula is C31H31NO4. The van der Waals surface area contributed by atoms with Gasteiger partial charge in [-0.25, -0.2) is 4.79 Å². The zero-order valence-corrected chi connectivity index (χ0v) is 20.7. The normalized spacial score (nSPS) is 11.3. The molecule has 36 heavy (non-hydrogen) atoms. The number of benzene rings is 4. The summed E-state index contributed by atoms with van der Waals surface area (Å²) in [7, 11) is 3.06. The van der Waals surface area contributed by atoms with Gasteiger partial charge in [-0.05, 0) is 65.4 Å². The highest BCUT2D eigenvalue weighted by Crippen LogP contribution is 2.25. The standard InChI is InChI=1S/C31H31NO4/c1-34-28-16-12-23(13-17-28)18-19-32-21-25(20-24-10-14-27(15-11-24)31(33)35-2)22-36-30-9-5-7-26-6-3-4-8-29(26)30/h3-17,20,32H,18-19,21-22H2,1-2H3. The monoisotopic (exact) mass is 481 g/mol. The Hall–Kier alpha value is -4.09. The third-order valence-electron chi connectivity index (χ3n) is 5.97. The molecule has 0 heterocycles. The Labute approximate surface area is 212 Å². The first-order valence-corrected chi connectivity index (χ1v) is 12.0. The molecule has 1 N–H and O–H groups in total. The molecule has 0 saturated carbocycles. The second-order valence-corrected chi connectivity index (χ2v) is 8.46. The lowest BCUT2D eigenvalue weighted by molar-refractivity contribution is 0.0600. The largest absolute Gasteiger partial charge is 0.497 e. The molecule has 0 fully saturated rings. The van der Waals surface area contributed by atoms with E-state index in [-0.39, 0.29) is 5.97 Å². The number of hydrogen-bond donors (Lipinski definition) is 1. The van der Waals surface area contributed by atoms with Crippen LogP contribution in [0, 0.1) is 0 Å². The van der Waals surface area contributed by atoms with Crippen LogP contribution in [-0.2, 0) is 11.2 Å². The van der Waals surface area contributed by atoms with Crippen molar-refractivity contribution in [3.63, 3.8) is 0 Å². The molecule has 4 aromatic carbocycles. The maximum atomic E-state index is 11.8. The fourth-order valence-electron chi connectivity index (χ4n) is 3.98. The minimum Gasteiger partial charge on any atom is -0.497 e. The van der Waals surface area contributed by atoms with Crippen molar-refractivity contribution in [2.75, 3.05) is 33.9 Å². The van der Waals surface area contributed by atoms with E-state index in [1.54, 1.807) is 19.2 Å². The van der Waals surface area contributed by atoms with E-state index in [0.717, 1.165) is 46.4 Å². The Bertz CT molecular complexity index is 1310. The summed E-state index contributed by atoms with van der Waals surface area (Å²) in [4.78, 5) is 11.8. The van der Waals surface area contributed by atoms with Crippen molar-refractivity contribution in [3.8, 4) is 11.5 Å². The van der Waals surface area contributed by atoms with Crippen LogP contribution < -0.4 is 14.8 Å². The van der Waals surface area contributed by atoms with Gasteiger partial charge in [0.25, 0.3) is 0 Å². The Morgan fingerprint density at radius 3 is 2.36 bits per heavy atom. The van der Waals surface area contributed by atoms with Crippen molar-refractivity contribution in [2.24, 2.45) is 0 Å². The van der Waals surface area contributed by atoms with E-state index in [2.05, 4.69) is 41.7 Å². The molecule has 0 radical (unpaired) electrons. The molecule has 5 nitrogen and oxygen atoms in total. The summed E-state index contributed by atoms with van der Waals surface area (Å²) in [6, 6.07) is 29.8. The molecule has 4 rings (SSSR count). The lowest BCUT2D eigenvalue weighted by atomic mass is 10.1. The van der Waals surface area contributed by atoms with Crippen molar-refractivity contribution in [1.29, 1.82) is 0 Å². The van der Waals surface area contributed by atoms with Crippen LogP contribution in [0.15, 0.2) is 96.6 Å². The van der Waals surface area contributed by atoms with E-state index in [1.165, 1.54) is 12.7 Å². The van der Waals surface area contributed by atoms with Crippen molar-refractivity contribution in [1.82, 2.24) is 5.32 Å². The Morgan fingerprint density at radius 2 is 1.61 bits per heavy atom. The summed E-state index contributed by atoms with van der Waals surface area (Å²) in [6.07, 6.45) is 3.02. The van der Waals surface area contributed by atoms with Gasteiger partial charge in [0, 0.05) is 11.9 Å². The van der Waals surface area contributed by atoms with Crippen LogP contribution in [-0.4, -0.2) is 39.9 Å². The van der Waals surface area contributed by atoms with Crippen LogP contribution in [0.2, 0.25) is 0 Å². The van der Waals surface area contributed by atoms with Crippen molar-refractivity contribution in [3.05, 3.63) is 113 Å². The lowest BCUT2D eigenvalue weighted by Gasteiger charge is -2.14. The number of ether oxygens (including phenoxy) is 3.